The topological polar surface area (TPSA) is 37.3 Å². The van der Waals surface area contributed by atoms with Crippen LogP contribution in [-0.4, -0.2) is 33.6 Å². The van der Waals surface area contributed by atoms with Crippen molar-refractivity contribution in [2.24, 2.45) is 0 Å². The van der Waals surface area contributed by atoms with Gasteiger partial charge in [-0.3, -0.25) is 4.79 Å². The molecule has 0 aliphatic heterocycles. The van der Waals surface area contributed by atoms with Gasteiger partial charge in [-0.25, -0.2) is 0 Å². The minimum atomic E-state index is -0.833. The molecule has 0 fully saturated rings. The van der Waals surface area contributed by atoms with Crippen molar-refractivity contribution in [3.8, 4) is 0 Å². The van der Waals surface area contributed by atoms with Crippen LogP contribution in [-0.2, 0) is 4.79 Å². The van der Waals surface area contributed by atoms with Crippen LogP contribution < -0.4 is 3.58 Å². The van der Waals surface area contributed by atoms with Gasteiger partial charge in [0.2, 0.25) is 0 Å². The molecule has 1 aromatic carbocycles. The van der Waals surface area contributed by atoms with Gasteiger partial charge in [-0.05, 0) is 0 Å². The molecule has 1 aromatic rings. The van der Waals surface area contributed by atoms with Crippen molar-refractivity contribution in [2.75, 3.05) is 0 Å². The number of benzene rings is 1. The van der Waals surface area contributed by atoms with Gasteiger partial charge in [-0.15, -0.1) is 0 Å². The Balaban J connectivity index is 0.000000310. The molecular weight excluding hydrogens is 271 g/mol. The van der Waals surface area contributed by atoms with Crippen molar-refractivity contribution >= 4 is 32.1 Å². The molecule has 0 amide bonds. The number of carboxylic acids is 1. The number of hydrogen-bond acceptors (Lipinski definition) is 1. The number of carboxylic acid groups (broad SMARTS) is 1. The molecule has 0 spiro atoms. The van der Waals surface area contributed by atoms with Crippen molar-refractivity contribution in [3.63, 3.8) is 0 Å². The molecular formula is C10H13O2Sn. The Bertz CT molecular complexity index is 240. The average molecular weight is 284 g/mol. The van der Waals surface area contributed by atoms with Crippen LogP contribution in [0.5, 0.6) is 0 Å². The van der Waals surface area contributed by atoms with E-state index >= 15 is 0 Å². The number of aryl methyl sites for hydroxylation is 2. The molecule has 3 radical (unpaired) electrons. The van der Waals surface area contributed by atoms with E-state index in [0.29, 0.717) is 0 Å². The SMILES string of the molecule is CC(=O)O.Cc1cc(C)c[c]([Sn])c1. The molecule has 1 rings (SSSR count). The Labute approximate surface area is 92.1 Å². The van der Waals surface area contributed by atoms with Gasteiger partial charge < -0.3 is 5.11 Å². The van der Waals surface area contributed by atoms with Crippen molar-refractivity contribution < 1.29 is 9.90 Å². The molecule has 0 saturated heterocycles. The summed E-state index contributed by atoms with van der Waals surface area (Å²) in [6, 6.07) is 6.66. The van der Waals surface area contributed by atoms with E-state index in [2.05, 4.69) is 32.0 Å². The van der Waals surface area contributed by atoms with E-state index in [1.807, 2.05) is 0 Å². The van der Waals surface area contributed by atoms with Gasteiger partial charge in [-0.2, -0.15) is 0 Å². The van der Waals surface area contributed by atoms with E-state index in [1.54, 1.807) is 0 Å². The predicted molar refractivity (Wildman–Crippen MR) is 54.6 cm³/mol. The van der Waals surface area contributed by atoms with Crippen molar-refractivity contribution in [2.45, 2.75) is 20.8 Å². The molecule has 1 N–H and O–H groups in total. The van der Waals surface area contributed by atoms with Crippen LogP contribution in [0.15, 0.2) is 18.2 Å². The number of rotatable bonds is 0. The first-order valence-electron chi connectivity index (χ1n) is 3.91. The molecule has 69 valence electrons. The predicted octanol–water partition coefficient (Wildman–Crippen LogP) is 1.19. The summed E-state index contributed by atoms with van der Waals surface area (Å²) in [4.78, 5) is 9.00. The average Bonchev–Trinajstić information content (AvgIpc) is 1.80. The summed E-state index contributed by atoms with van der Waals surface area (Å²) in [6.07, 6.45) is 0. The fourth-order valence-electron chi connectivity index (χ4n) is 0.975. The number of hydrogen-bond donors (Lipinski definition) is 1. The maximum absolute atomic E-state index is 9.00. The first-order valence-corrected chi connectivity index (χ1v) is 5.34. The molecule has 0 heterocycles. The van der Waals surface area contributed by atoms with Gasteiger partial charge in [0.05, 0.1) is 0 Å². The minimum absolute atomic E-state index is 0.833. The molecule has 0 aromatic heterocycles. The summed E-state index contributed by atoms with van der Waals surface area (Å²) in [7, 11) is 0. The second-order valence-electron chi connectivity index (χ2n) is 2.90. The fourth-order valence-corrected chi connectivity index (χ4v) is 2.27. The van der Waals surface area contributed by atoms with Gasteiger partial charge in [0, 0.05) is 6.92 Å². The summed E-state index contributed by atoms with van der Waals surface area (Å²) >= 11 is 1.51. The third-order valence-electron chi connectivity index (χ3n) is 1.22. The first kappa shape index (κ1) is 12.5. The summed E-state index contributed by atoms with van der Waals surface area (Å²) in [6.45, 7) is 5.36. The Hall–Kier alpha value is -0.511. The third kappa shape index (κ3) is 7.84. The Morgan fingerprint density at radius 2 is 1.54 bits per heavy atom. The van der Waals surface area contributed by atoms with Gasteiger partial charge >= 0.3 is 69.3 Å². The Morgan fingerprint density at radius 1 is 1.23 bits per heavy atom. The van der Waals surface area contributed by atoms with Gasteiger partial charge in [-0.1, -0.05) is 0 Å². The molecule has 0 atom stereocenters. The van der Waals surface area contributed by atoms with Crippen LogP contribution in [0.4, 0.5) is 0 Å². The van der Waals surface area contributed by atoms with E-state index < -0.39 is 5.97 Å². The van der Waals surface area contributed by atoms with E-state index in [0.717, 1.165) is 6.92 Å². The van der Waals surface area contributed by atoms with Crippen LogP contribution in [0.3, 0.4) is 0 Å². The molecule has 13 heavy (non-hydrogen) atoms. The molecule has 0 aliphatic carbocycles. The van der Waals surface area contributed by atoms with Crippen LogP contribution >= 0.6 is 0 Å². The van der Waals surface area contributed by atoms with Crippen LogP contribution in [0.2, 0.25) is 0 Å². The third-order valence-corrected chi connectivity index (χ3v) is 2.05. The maximum atomic E-state index is 9.00. The fraction of sp³-hybridized carbons (Fsp3) is 0.300. The Morgan fingerprint density at radius 3 is 1.77 bits per heavy atom. The summed E-state index contributed by atoms with van der Waals surface area (Å²) < 4.78 is 1.44. The number of aliphatic carboxylic acids is 1. The van der Waals surface area contributed by atoms with Crippen molar-refractivity contribution in [3.05, 3.63) is 29.3 Å². The zero-order valence-electron chi connectivity index (χ0n) is 8.09. The van der Waals surface area contributed by atoms with Crippen molar-refractivity contribution in [1.82, 2.24) is 0 Å². The van der Waals surface area contributed by atoms with Crippen LogP contribution in [0, 0.1) is 13.8 Å². The monoisotopic (exact) mass is 285 g/mol. The molecule has 2 nitrogen and oxygen atoms in total. The second kappa shape index (κ2) is 6.02. The van der Waals surface area contributed by atoms with Gasteiger partial charge in [0.1, 0.15) is 0 Å². The second-order valence-corrected chi connectivity index (χ2v) is 4.54. The molecule has 3 heteroatoms. The van der Waals surface area contributed by atoms with E-state index in [-0.39, 0.29) is 0 Å². The number of carbonyl (C=O) groups is 1. The van der Waals surface area contributed by atoms with Crippen molar-refractivity contribution in [1.29, 1.82) is 0 Å². The standard InChI is InChI=1S/C8H9.C2H4O2.Sn/c1-7-4-3-5-8(2)6-7;1-2(3)4;/h4-6H,1-2H3;1H3,(H,3,4);. The Kier molecular flexibility index (Phi) is 5.78. The molecule has 0 aliphatic rings. The normalized spacial score (nSPS) is 8.62. The summed E-state index contributed by atoms with van der Waals surface area (Å²) in [5.74, 6) is -0.833. The zero-order valence-corrected chi connectivity index (χ0v) is 10.9. The van der Waals surface area contributed by atoms with E-state index in [9.17, 15) is 0 Å². The first-order chi connectivity index (χ1) is 5.91. The summed E-state index contributed by atoms with van der Waals surface area (Å²) in [5.41, 5.74) is 2.75. The molecule has 0 bridgehead atoms. The van der Waals surface area contributed by atoms with Crippen LogP contribution in [0.25, 0.3) is 0 Å². The van der Waals surface area contributed by atoms with E-state index in [1.165, 1.54) is 37.2 Å². The zero-order chi connectivity index (χ0) is 10.4. The summed E-state index contributed by atoms with van der Waals surface area (Å²) in [5, 5.41) is 7.42. The molecule has 0 saturated carbocycles. The van der Waals surface area contributed by atoms with E-state index in [4.69, 9.17) is 9.90 Å². The quantitative estimate of drug-likeness (QED) is 0.727. The van der Waals surface area contributed by atoms with Gasteiger partial charge in [0.25, 0.3) is 5.97 Å². The molecule has 0 unspecified atom stereocenters. The van der Waals surface area contributed by atoms with Crippen LogP contribution in [0.1, 0.15) is 18.1 Å². The van der Waals surface area contributed by atoms with Gasteiger partial charge in [0.15, 0.2) is 0 Å².